The average molecular weight is 398 g/mol. The molecule has 0 aliphatic carbocycles. The number of sulfonamides is 1. The second kappa shape index (κ2) is 7.42. The third-order valence-electron chi connectivity index (χ3n) is 3.49. The normalized spacial score (nSPS) is 11.5. The Morgan fingerprint density at radius 2 is 1.87 bits per heavy atom. The molecule has 1 heterocycles. The fourth-order valence-electron chi connectivity index (χ4n) is 2.00. The number of rotatable bonds is 6. The quantitative estimate of drug-likeness (QED) is 0.813. The van der Waals surface area contributed by atoms with Crippen LogP contribution in [0.2, 0.25) is 0 Å². The van der Waals surface area contributed by atoms with Crippen LogP contribution in [0.5, 0.6) is 0 Å². The molecule has 0 bridgehead atoms. The number of aryl methyl sites for hydroxylation is 2. The van der Waals surface area contributed by atoms with E-state index in [0.29, 0.717) is 13.1 Å². The van der Waals surface area contributed by atoms with Crippen LogP contribution in [0.25, 0.3) is 0 Å². The maximum atomic E-state index is 12.2. The lowest BCUT2D eigenvalue weighted by Gasteiger charge is -2.19. The molecule has 0 radical (unpaired) electrons. The fraction of sp³-hybridized carbons (Fsp3) is 0.312. The van der Waals surface area contributed by atoms with Gasteiger partial charge in [0.05, 0.1) is 4.90 Å². The molecule has 0 spiro atoms. The van der Waals surface area contributed by atoms with Gasteiger partial charge in [-0.1, -0.05) is 17.7 Å². The SMILES string of the molecule is Cc1ccc(S(=O)(=O)NCCN(C)c2cc(C)c(Br)cn2)cc1. The van der Waals surface area contributed by atoms with Crippen LogP contribution in [0.1, 0.15) is 11.1 Å². The van der Waals surface area contributed by atoms with Crippen LogP contribution in [-0.2, 0) is 10.0 Å². The van der Waals surface area contributed by atoms with Crippen molar-refractivity contribution in [3.05, 3.63) is 52.1 Å². The van der Waals surface area contributed by atoms with Crippen molar-refractivity contribution in [2.24, 2.45) is 0 Å². The molecule has 2 aromatic rings. The van der Waals surface area contributed by atoms with Gasteiger partial charge in [-0.25, -0.2) is 18.1 Å². The largest absolute Gasteiger partial charge is 0.358 e. The molecule has 0 unspecified atom stereocenters. The highest BCUT2D eigenvalue weighted by Gasteiger charge is 2.13. The highest BCUT2D eigenvalue weighted by atomic mass is 79.9. The van der Waals surface area contributed by atoms with E-state index in [1.807, 2.05) is 31.9 Å². The number of nitrogens with zero attached hydrogens (tertiary/aromatic N) is 2. The zero-order valence-electron chi connectivity index (χ0n) is 13.4. The van der Waals surface area contributed by atoms with Crippen LogP contribution in [0.15, 0.2) is 45.9 Å². The van der Waals surface area contributed by atoms with Gasteiger partial charge in [0.2, 0.25) is 10.0 Å². The van der Waals surface area contributed by atoms with Crippen molar-refractivity contribution in [3.8, 4) is 0 Å². The maximum Gasteiger partial charge on any atom is 0.240 e. The maximum absolute atomic E-state index is 12.2. The van der Waals surface area contributed by atoms with E-state index in [-0.39, 0.29) is 4.90 Å². The number of hydrogen-bond donors (Lipinski definition) is 1. The van der Waals surface area contributed by atoms with E-state index in [4.69, 9.17) is 0 Å². The Labute approximate surface area is 145 Å². The molecule has 2 rings (SSSR count). The van der Waals surface area contributed by atoms with Gasteiger partial charge in [0, 0.05) is 30.8 Å². The Kier molecular flexibility index (Phi) is 5.78. The van der Waals surface area contributed by atoms with Gasteiger partial charge >= 0.3 is 0 Å². The molecule has 0 aliphatic heterocycles. The lowest BCUT2D eigenvalue weighted by molar-refractivity contribution is 0.581. The predicted molar refractivity (Wildman–Crippen MR) is 96.3 cm³/mol. The molecule has 1 aromatic heterocycles. The van der Waals surface area contributed by atoms with Crippen LogP contribution in [0.3, 0.4) is 0 Å². The molecule has 0 saturated carbocycles. The summed E-state index contributed by atoms with van der Waals surface area (Å²) in [5.74, 6) is 0.806. The molecule has 7 heteroatoms. The van der Waals surface area contributed by atoms with Crippen LogP contribution in [0.4, 0.5) is 5.82 Å². The predicted octanol–water partition coefficient (Wildman–Crippen LogP) is 2.88. The van der Waals surface area contributed by atoms with E-state index in [9.17, 15) is 8.42 Å². The minimum atomic E-state index is -3.47. The van der Waals surface area contributed by atoms with Gasteiger partial charge < -0.3 is 4.90 Å². The molecule has 0 atom stereocenters. The van der Waals surface area contributed by atoms with Crippen LogP contribution >= 0.6 is 15.9 Å². The monoisotopic (exact) mass is 397 g/mol. The van der Waals surface area contributed by atoms with E-state index in [0.717, 1.165) is 21.4 Å². The molecular formula is C16H20BrN3O2S. The first kappa shape index (κ1) is 17.9. The summed E-state index contributed by atoms with van der Waals surface area (Å²) in [7, 11) is -1.59. The number of benzene rings is 1. The first-order valence-corrected chi connectivity index (χ1v) is 9.47. The summed E-state index contributed by atoms with van der Waals surface area (Å²) in [6, 6.07) is 8.75. The average Bonchev–Trinajstić information content (AvgIpc) is 2.50. The van der Waals surface area contributed by atoms with Gasteiger partial charge in [-0.3, -0.25) is 0 Å². The van der Waals surface area contributed by atoms with E-state index in [2.05, 4.69) is 25.6 Å². The van der Waals surface area contributed by atoms with Crippen LogP contribution < -0.4 is 9.62 Å². The van der Waals surface area contributed by atoms with Crippen molar-refractivity contribution in [2.75, 3.05) is 25.0 Å². The molecule has 1 N–H and O–H groups in total. The number of halogens is 1. The van der Waals surface area contributed by atoms with Crippen LogP contribution in [0, 0.1) is 13.8 Å². The molecule has 0 aliphatic rings. The summed E-state index contributed by atoms with van der Waals surface area (Å²) in [6.07, 6.45) is 1.75. The smallest absolute Gasteiger partial charge is 0.240 e. The summed E-state index contributed by atoms with van der Waals surface area (Å²) in [5, 5.41) is 0. The summed E-state index contributed by atoms with van der Waals surface area (Å²) < 4.78 is 28.0. The highest BCUT2D eigenvalue weighted by Crippen LogP contribution is 2.19. The highest BCUT2D eigenvalue weighted by molar-refractivity contribution is 9.10. The van der Waals surface area contributed by atoms with Crippen molar-refractivity contribution in [1.82, 2.24) is 9.71 Å². The van der Waals surface area contributed by atoms with Crippen molar-refractivity contribution < 1.29 is 8.42 Å². The number of likely N-dealkylation sites (N-methyl/N-ethyl adjacent to an activating group) is 1. The van der Waals surface area contributed by atoms with Crippen molar-refractivity contribution >= 4 is 31.8 Å². The summed E-state index contributed by atoms with van der Waals surface area (Å²) in [4.78, 5) is 6.52. The van der Waals surface area contributed by atoms with Gasteiger partial charge in [0.1, 0.15) is 5.82 Å². The number of anilines is 1. The lowest BCUT2D eigenvalue weighted by Crippen LogP contribution is -2.33. The Bertz CT molecular complexity index is 776. The number of aromatic nitrogens is 1. The fourth-order valence-corrected chi connectivity index (χ4v) is 3.23. The first-order chi connectivity index (χ1) is 10.8. The van der Waals surface area contributed by atoms with E-state index < -0.39 is 10.0 Å². The Morgan fingerprint density at radius 3 is 2.48 bits per heavy atom. The van der Waals surface area contributed by atoms with Gasteiger partial charge in [0.15, 0.2) is 0 Å². The van der Waals surface area contributed by atoms with Crippen molar-refractivity contribution in [2.45, 2.75) is 18.7 Å². The molecule has 0 amide bonds. The summed E-state index contributed by atoms with van der Waals surface area (Å²) in [6.45, 7) is 4.75. The minimum Gasteiger partial charge on any atom is -0.358 e. The molecule has 0 saturated heterocycles. The first-order valence-electron chi connectivity index (χ1n) is 7.19. The Balaban J connectivity index is 1.95. The molecule has 1 aromatic carbocycles. The molecule has 124 valence electrons. The third-order valence-corrected chi connectivity index (χ3v) is 5.80. The zero-order valence-corrected chi connectivity index (χ0v) is 15.8. The third kappa shape index (κ3) is 4.76. The topological polar surface area (TPSA) is 62.3 Å². The molecule has 23 heavy (non-hydrogen) atoms. The Morgan fingerprint density at radius 1 is 1.22 bits per heavy atom. The molecular weight excluding hydrogens is 378 g/mol. The lowest BCUT2D eigenvalue weighted by atomic mass is 10.2. The number of nitrogens with one attached hydrogen (secondary N) is 1. The minimum absolute atomic E-state index is 0.281. The van der Waals surface area contributed by atoms with Gasteiger partial charge in [-0.2, -0.15) is 0 Å². The summed E-state index contributed by atoms with van der Waals surface area (Å²) in [5.41, 5.74) is 2.11. The van der Waals surface area contributed by atoms with E-state index in [1.165, 1.54) is 0 Å². The second-order valence-electron chi connectivity index (χ2n) is 5.42. The molecule has 5 nitrogen and oxygen atoms in total. The van der Waals surface area contributed by atoms with E-state index in [1.54, 1.807) is 30.5 Å². The second-order valence-corrected chi connectivity index (χ2v) is 8.05. The number of pyridine rings is 1. The summed E-state index contributed by atoms with van der Waals surface area (Å²) >= 11 is 3.42. The molecule has 0 fully saturated rings. The number of hydrogen-bond acceptors (Lipinski definition) is 4. The van der Waals surface area contributed by atoms with Crippen molar-refractivity contribution in [1.29, 1.82) is 0 Å². The van der Waals surface area contributed by atoms with Crippen molar-refractivity contribution in [3.63, 3.8) is 0 Å². The van der Waals surface area contributed by atoms with Gasteiger partial charge in [-0.05, 0) is 53.5 Å². The Hall–Kier alpha value is -1.44. The van der Waals surface area contributed by atoms with Gasteiger partial charge in [0.25, 0.3) is 0 Å². The van der Waals surface area contributed by atoms with E-state index >= 15 is 0 Å². The standard InChI is InChI=1S/C16H20BrN3O2S/c1-12-4-6-14(7-5-12)23(21,22)19-8-9-20(3)16-10-13(2)15(17)11-18-16/h4-7,10-11,19H,8-9H2,1-3H3. The zero-order chi connectivity index (χ0) is 17.0. The van der Waals surface area contributed by atoms with Gasteiger partial charge in [-0.15, -0.1) is 0 Å². The van der Waals surface area contributed by atoms with Crippen LogP contribution in [-0.4, -0.2) is 33.5 Å².